The second-order valence-corrected chi connectivity index (χ2v) is 4.68. The van der Waals surface area contributed by atoms with E-state index >= 15 is 0 Å². The maximum Gasteiger partial charge on any atom is 0.262 e. The van der Waals surface area contributed by atoms with Crippen molar-refractivity contribution >= 4 is 22.6 Å². The van der Waals surface area contributed by atoms with Crippen molar-refractivity contribution in [2.24, 2.45) is 0 Å². The molecule has 6 heteroatoms. The molecule has 0 amide bonds. The van der Waals surface area contributed by atoms with Crippen LogP contribution in [0.1, 0.15) is 20.8 Å². The predicted octanol–water partition coefficient (Wildman–Crippen LogP) is 1.53. The quantitative estimate of drug-likeness (QED) is 0.693. The molecule has 0 saturated carbocycles. The highest BCUT2D eigenvalue weighted by molar-refractivity contribution is 6.28. The summed E-state index contributed by atoms with van der Waals surface area (Å²) in [5, 5.41) is 4.68. The van der Waals surface area contributed by atoms with E-state index in [4.69, 9.17) is 11.6 Å². The summed E-state index contributed by atoms with van der Waals surface area (Å²) in [6, 6.07) is 0. The molecule has 0 aliphatic rings. The lowest BCUT2D eigenvalue weighted by molar-refractivity contribution is 0.366. The molecule has 0 atom stereocenters. The highest BCUT2D eigenvalue weighted by Gasteiger charge is 2.19. The van der Waals surface area contributed by atoms with Crippen molar-refractivity contribution in [3.8, 4) is 0 Å². The van der Waals surface area contributed by atoms with Crippen molar-refractivity contribution in [1.82, 2.24) is 19.7 Å². The average molecular weight is 227 g/mol. The van der Waals surface area contributed by atoms with E-state index in [0.717, 1.165) is 0 Å². The van der Waals surface area contributed by atoms with Crippen molar-refractivity contribution in [3.63, 3.8) is 0 Å². The summed E-state index contributed by atoms with van der Waals surface area (Å²) >= 11 is 5.70. The van der Waals surface area contributed by atoms with Crippen molar-refractivity contribution in [1.29, 1.82) is 0 Å². The second-order valence-electron chi connectivity index (χ2n) is 4.32. The molecule has 5 nitrogen and oxygen atoms in total. The predicted molar refractivity (Wildman–Crippen MR) is 58.2 cm³/mol. The zero-order chi connectivity index (χ0) is 11.2. The van der Waals surface area contributed by atoms with Gasteiger partial charge in [-0.15, -0.1) is 0 Å². The van der Waals surface area contributed by atoms with Crippen LogP contribution in [0, 0.1) is 0 Å². The van der Waals surface area contributed by atoms with E-state index in [1.54, 1.807) is 4.68 Å². The molecular weight excluding hydrogens is 216 g/mol. The molecule has 0 fully saturated rings. The van der Waals surface area contributed by atoms with E-state index in [2.05, 4.69) is 15.1 Å². The first kappa shape index (κ1) is 10.2. The number of hydrogen-bond acceptors (Lipinski definition) is 3. The molecule has 0 spiro atoms. The van der Waals surface area contributed by atoms with Crippen LogP contribution in [0.4, 0.5) is 0 Å². The highest BCUT2D eigenvalue weighted by Crippen LogP contribution is 2.18. The van der Waals surface area contributed by atoms with Gasteiger partial charge in [0.05, 0.1) is 11.7 Å². The SMILES string of the molecule is CC(C)(C)n1ncc2c(=O)[nH]c(Cl)nc21. The minimum absolute atomic E-state index is 0.0819. The lowest BCUT2D eigenvalue weighted by atomic mass is 10.1. The van der Waals surface area contributed by atoms with E-state index in [1.807, 2.05) is 20.8 Å². The van der Waals surface area contributed by atoms with E-state index < -0.39 is 0 Å². The van der Waals surface area contributed by atoms with Crippen LogP contribution in [-0.2, 0) is 5.54 Å². The Morgan fingerprint density at radius 1 is 1.47 bits per heavy atom. The van der Waals surface area contributed by atoms with Crippen LogP contribution in [0.3, 0.4) is 0 Å². The number of H-pyrrole nitrogens is 1. The zero-order valence-electron chi connectivity index (χ0n) is 8.71. The maximum absolute atomic E-state index is 11.5. The molecule has 0 radical (unpaired) electrons. The van der Waals surface area contributed by atoms with Crippen molar-refractivity contribution in [2.45, 2.75) is 26.3 Å². The van der Waals surface area contributed by atoms with Crippen molar-refractivity contribution in [2.75, 3.05) is 0 Å². The minimum atomic E-state index is -0.263. The van der Waals surface area contributed by atoms with Crippen LogP contribution in [0.25, 0.3) is 11.0 Å². The summed E-state index contributed by atoms with van der Waals surface area (Å²) in [5.74, 6) is 0. The van der Waals surface area contributed by atoms with Gasteiger partial charge in [-0.1, -0.05) is 0 Å². The molecule has 0 saturated heterocycles. The smallest absolute Gasteiger partial charge is 0.262 e. The number of fused-ring (bicyclic) bond motifs is 1. The van der Waals surface area contributed by atoms with E-state index in [-0.39, 0.29) is 16.4 Å². The second kappa shape index (κ2) is 3.06. The Balaban J connectivity index is 2.86. The molecule has 0 unspecified atom stereocenters. The minimum Gasteiger partial charge on any atom is -0.296 e. The third-order valence-electron chi connectivity index (χ3n) is 2.04. The normalized spacial score (nSPS) is 12.3. The first-order chi connectivity index (χ1) is 6.89. The Bertz CT molecular complexity index is 563. The highest BCUT2D eigenvalue weighted by atomic mass is 35.5. The molecule has 2 rings (SSSR count). The maximum atomic E-state index is 11.5. The fourth-order valence-electron chi connectivity index (χ4n) is 1.38. The molecule has 0 aliphatic heterocycles. The van der Waals surface area contributed by atoms with E-state index in [0.29, 0.717) is 11.0 Å². The Morgan fingerprint density at radius 2 is 2.13 bits per heavy atom. The summed E-state index contributed by atoms with van der Waals surface area (Å²) in [5.41, 5.74) is 0.0167. The van der Waals surface area contributed by atoms with Crippen molar-refractivity contribution in [3.05, 3.63) is 21.8 Å². The zero-order valence-corrected chi connectivity index (χ0v) is 9.46. The Kier molecular flexibility index (Phi) is 2.08. The number of aromatic amines is 1. The van der Waals surface area contributed by atoms with Gasteiger partial charge in [-0.3, -0.25) is 9.78 Å². The van der Waals surface area contributed by atoms with Gasteiger partial charge in [-0.05, 0) is 32.4 Å². The van der Waals surface area contributed by atoms with Gasteiger partial charge in [0.1, 0.15) is 5.39 Å². The number of hydrogen-bond donors (Lipinski definition) is 1. The number of rotatable bonds is 0. The van der Waals surface area contributed by atoms with Gasteiger partial charge >= 0.3 is 0 Å². The van der Waals surface area contributed by atoms with Crippen LogP contribution < -0.4 is 5.56 Å². The van der Waals surface area contributed by atoms with Crippen molar-refractivity contribution < 1.29 is 0 Å². The lowest BCUT2D eigenvalue weighted by Gasteiger charge is -2.19. The van der Waals surface area contributed by atoms with E-state index in [1.165, 1.54) is 6.20 Å². The fourth-order valence-corrected chi connectivity index (χ4v) is 1.55. The summed E-state index contributed by atoms with van der Waals surface area (Å²) < 4.78 is 1.68. The summed E-state index contributed by atoms with van der Waals surface area (Å²) in [4.78, 5) is 18.0. The number of aromatic nitrogens is 4. The molecule has 2 heterocycles. The molecule has 15 heavy (non-hydrogen) atoms. The standard InChI is InChI=1S/C9H11ClN4O/c1-9(2,3)14-6-5(4-11-14)7(15)13-8(10)12-6/h4H,1-3H3,(H,12,13,15). The fraction of sp³-hybridized carbons (Fsp3) is 0.444. The van der Waals surface area contributed by atoms with Gasteiger partial charge in [0.2, 0.25) is 5.28 Å². The summed E-state index contributed by atoms with van der Waals surface area (Å²) in [6.45, 7) is 5.95. The summed E-state index contributed by atoms with van der Waals surface area (Å²) in [6.07, 6.45) is 1.50. The largest absolute Gasteiger partial charge is 0.296 e. The average Bonchev–Trinajstić information content (AvgIpc) is 2.45. The summed E-state index contributed by atoms with van der Waals surface area (Å²) in [7, 11) is 0. The first-order valence-corrected chi connectivity index (χ1v) is 4.91. The Labute approximate surface area is 91.1 Å². The van der Waals surface area contributed by atoms with E-state index in [9.17, 15) is 4.79 Å². The van der Waals surface area contributed by atoms with Gasteiger partial charge in [0, 0.05) is 0 Å². The molecule has 1 N–H and O–H groups in total. The third-order valence-corrected chi connectivity index (χ3v) is 2.22. The molecule has 2 aromatic rings. The lowest BCUT2D eigenvalue weighted by Crippen LogP contribution is -2.23. The molecule has 0 aromatic carbocycles. The monoisotopic (exact) mass is 226 g/mol. The van der Waals surface area contributed by atoms with Crippen LogP contribution in [0.15, 0.2) is 11.0 Å². The first-order valence-electron chi connectivity index (χ1n) is 4.53. The number of nitrogens with zero attached hydrogens (tertiary/aromatic N) is 3. The van der Waals surface area contributed by atoms with Gasteiger partial charge < -0.3 is 0 Å². The Hall–Kier alpha value is -1.36. The number of halogens is 1. The van der Waals surface area contributed by atoms with Crippen LogP contribution in [0.2, 0.25) is 5.28 Å². The van der Waals surface area contributed by atoms with Gasteiger partial charge in [0.25, 0.3) is 5.56 Å². The Morgan fingerprint density at radius 3 is 2.73 bits per heavy atom. The van der Waals surface area contributed by atoms with Crippen LogP contribution >= 0.6 is 11.6 Å². The molecule has 0 aliphatic carbocycles. The van der Waals surface area contributed by atoms with Gasteiger partial charge in [-0.25, -0.2) is 4.68 Å². The van der Waals surface area contributed by atoms with Gasteiger partial charge in [0.15, 0.2) is 5.65 Å². The van der Waals surface area contributed by atoms with Crippen LogP contribution in [-0.4, -0.2) is 19.7 Å². The molecular formula is C9H11ClN4O. The molecule has 2 aromatic heterocycles. The molecule has 80 valence electrons. The topological polar surface area (TPSA) is 63.6 Å². The van der Waals surface area contributed by atoms with Gasteiger partial charge in [-0.2, -0.15) is 10.1 Å². The molecule has 0 bridgehead atoms. The number of nitrogens with one attached hydrogen (secondary N) is 1. The van der Waals surface area contributed by atoms with Crippen LogP contribution in [0.5, 0.6) is 0 Å². The third kappa shape index (κ3) is 1.63.